The van der Waals surface area contributed by atoms with Gasteiger partial charge in [0.2, 0.25) is 0 Å². The van der Waals surface area contributed by atoms with E-state index in [1.807, 2.05) is 24.3 Å². The van der Waals surface area contributed by atoms with Crippen LogP contribution < -0.4 is 9.64 Å². The van der Waals surface area contributed by atoms with Crippen LogP contribution in [0.25, 0.3) is 0 Å². The summed E-state index contributed by atoms with van der Waals surface area (Å²) in [6.45, 7) is 2.64. The van der Waals surface area contributed by atoms with Gasteiger partial charge < -0.3 is 9.64 Å². The van der Waals surface area contributed by atoms with E-state index in [1.165, 1.54) is 12.1 Å². The fraction of sp³-hybridized carbons (Fsp3) is 0.235. The van der Waals surface area contributed by atoms with Gasteiger partial charge in [-0.3, -0.25) is 4.79 Å². The number of hydrogen-bond donors (Lipinski definition) is 0. The summed E-state index contributed by atoms with van der Waals surface area (Å²) in [4.78, 5) is 15.3. The molecule has 3 rings (SSSR count). The minimum absolute atomic E-state index is 0.102. The average Bonchev–Trinajstić information content (AvgIpc) is 2.52. The van der Waals surface area contributed by atoms with E-state index >= 15 is 0 Å². The van der Waals surface area contributed by atoms with Crippen LogP contribution in [0.5, 0.6) is 5.75 Å². The van der Waals surface area contributed by atoms with Crippen molar-refractivity contribution in [2.24, 2.45) is 0 Å². The Balaban J connectivity index is 1.72. The van der Waals surface area contributed by atoms with Crippen LogP contribution >= 0.6 is 11.8 Å². The van der Waals surface area contributed by atoms with Gasteiger partial charge in [-0.25, -0.2) is 4.39 Å². The van der Waals surface area contributed by atoms with Gasteiger partial charge in [0.25, 0.3) is 5.91 Å². The first-order chi connectivity index (χ1) is 10.6. The average molecular weight is 317 g/mol. The molecule has 1 amide bonds. The molecular weight excluding hydrogens is 301 g/mol. The first-order valence-corrected chi connectivity index (χ1v) is 7.96. The molecule has 2 aromatic carbocycles. The molecule has 3 nitrogen and oxygen atoms in total. The summed E-state index contributed by atoms with van der Waals surface area (Å²) in [6.07, 6.45) is 0. The van der Waals surface area contributed by atoms with Crippen molar-refractivity contribution in [3.05, 3.63) is 54.3 Å². The van der Waals surface area contributed by atoms with Crippen LogP contribution in [0.3, 0.4) is 0 Å². The maximum absolute atomic E-state index is 13.1. The fourth-order valence-electron chi connectivity index (χ4n) is 2.41. The largest absolute Gasteiger partial charge is 0.484 e. The van der Waals surface area contributed by atoms with Crippen LogP contribution in [0.4, 0.5) is 10.1 Å². The van der Waals surface area contributed by atoms with Gasteiger partial charge in [-0.2, -0.15) is 0 Å². The number of carbonyl (C=O) groups excluding carboxylic acids is 1. The van der Waals surface area contributed by atoms with E-state index in [2.05, 4.69) is 6.92 Å². The van der Waals surface area contributed by atoms with Crippen molar-refractivity contribution >= 4 is 23.4 Å². The smallest absolute Gasteiger partial charge is 0.264 e. The standard InChI is InChI=1S/C17H16FNO2S/c1-12-10-19(15-7-2-3-8-16(15)22-12)17(20)11-21-14-6-4-5-13(18)9-14/h2-9,12H,10-11H2,1H3. The monoisotopic (exact) mass is 317 g/mol. The third kappa shape index (κ3) is 3.25. The quantitative estimate of drug-likeness (QED) is 0.864. The number of para-hydroxylation sites is 1. The SMILES string of the molecule is CC1CN(C(=O)COc2cccc(F)c2)c2ccccc2S1. The zero-order chi connectivity index (χ0) is 15.5. The predicted molar refractivity (Wildman–Crippen MR) is 86.0 cm³/mol. The van der Waals surface area contributed by atoms with Crippen LogP contribution in [0.1, 0.15) is 6.92 Å². The molecule has 1 aliphatic rings. The topological polar surface area (TPSA) is 29.5 Å². The van der Waals surface area contributed by atoms with Crippen LogP contribution in [-0.2, 0) is 4.79 Å². The summed E-state index contributed by atoms with van der Waals surface area (Å²) in [5.41, 5.74) is 0.915. The van der Waals surface area contributed by atoms with E-state index in [9.17, 15) is 9.18 Å². The highest BCUT2D eigenvalue weighted by molar-refractivity contribution is 8.00. The van der Waals surface area contributed by atoms with Gasteiger partial charge in [0, 0.05) is 22.8 Å². The zero-order valence-electron chi connectivity index (χ0n) is 12.2. The van der Waals surface area contributed by atoms with Crippen LogP contribution in [0, 0.1) is 5.82 Å². The molecule has 1 aliphatic heterocycles. The molecule has 1 unspecified atom stereocenters. The molecule has 22 heavy (non-hydrogen) atoms. The molecule has 114 valence electrons. The third-order valence-corrected chi connectivity index (χ3v) is 4.53. The first-order valence-electron chi connectivity index (χ1n) is 7.08. The number of ether oxygens (including phenoxy) is 1. The summed E-state index contributed by atoms with van der Waals surface area (Å²) in [5.74, 6) is -0.136. The van der Waals surface area contributed by atoms with E-state index in [4.69, 9.17) is 4.74 Å². The number of amides is 1. The Hall–Kier alpha value is -2.01. The Labute approximate surface area is 133 Å². The number of carbonyl (C=O) groups is 1. The van der Waals surface area contributed by atoms with Gasteiger partial charge in [0.15, 0.2) is 6.61 Å². The molecule has 0 radical (unpaired) electrons. The van der Waals surface area contributed by atoms with Gasteiger partial charge in [-0.1, -0.05) is 25.1 Å². The molecule has 0 aliphatic carbocycles. The second kappa shape index (κ2) is 6.40. The Morgan fingerprint density at radius 2 is 2.14 bits per heavy atom. The molecule has 1 atom stereocenters. The maximum atomic E-state index is 13.1. The van der Waals surface area contributed by atoms with Crippen LogP contribution in [0.2, 0.25) is 0 Å². The summed E-state index contributed by atoms with van der Waals surface area (Å²) < 4.78 is 18.5. The first kappa shape index (κ1) is 14.9. The second-order valence-electron chi connectivity index (χ2n) is 5.15. The normalized spacial score (nSPS) is 17.0. The van der Waals surface area contributed by atoms with Crippen molar-refractivity contribution in [1.82, 2.24) is 0 Å². The lowest BCUT2D eigenvalue weighted by molar-refractivity contribution is -0.120. The number of nitrogens with zero attached hydrogens (tertiary/aromatic N) is 1. The van der Waals surface area contributed by atoms with E-state index in [0.29, 0.717) is 17.5 Å². The molecule has 0 spiro atoms. The number of halogens is 1. The summed E-state index contributed by atoms with van der Waals surface area (Å²) >= 11 is 1.77. The maximum Gasteiger partial charge on any atom is 0.264 e. The third-order valence-electron chi connectivity index (χ3n) is 3.38. The predicted octanol–water partition coefficient (Wildman–Crippen LogP) is 3.73. The summed E-state index contributed by atoms with van der Waals surface area (Å²) in [6, 6.07) is 13.7. The Morgan fingerprint density at radius 3 is 2.95 bits per heavy atom. The van der Waals surface area contributed by atoms with Crippen molar-refractivity contribution in [2.45, 2.75) is 17.1 Å². The van der Waals surface area contributed by atoms with Crippen molar-refractivity contribution in [3.63, 3.8) is 0 Å². The highest BCUT2D eigenvalue weighted by atomic mass is 32.2. The molecule has 0 saturated heterocycles. The number of anilines is 1. The molecular formula is C17H16FNO2S. The van der Waals surface area contributed by atoms with E-state index in [-0.39, 0.29) is 18.3 Å². The van der Waals surface area contributed by atoms with E-state index < -0.39 is 0 Å². The number of fused-ring (bicyclic) bond motifs is 1. The van der Waals surface area contributed by atoms with Gasteiger partial charge >= 0.3 is 0 Å². The number of rotatable bonds is 3. The highest BCUT2D eigenvalue weighted by Gasteiger charge is 2.26. The molecule has 0 saturated carbocycles. The minimum Gasteiger partial charge on any atom is -0.484 e. The number of hydrogen-bond acceptors (Lipinski definition) is 3. The molecule has 0 fully saturated rings. The molecule has 0 bridgehead atoms. The highest BCUT2D eigenvalue weighted by Crippen LogP contribution is 2.38. The zero-order valence-corrected chi connectivity index (χ0v) is 13.0. The van der Waals surface area contributed by atoms with Crippen LogP contribution in [-0.4, -0.2) is 24.3 Å². The van der Waals surface area contributed by atoms with Crippen molar-refractivity contribution in [1.29, 1.82) is 0 Å². The molecule has 5 heteroatoms. The molecule has 0 N–H and O–H groups in total. The van der Waals surface area contributed by atoms with Gasteiger partial charge in [-0.05, 0) is 24.3 Å². The van der Waals surface area contributed by atoms with E-state index in [0.717, 1.165) is 10.6 Å². The van der Waals surface area contributed by atoms with Crippen molar-refractivity contribution < 1.29 is 13.9 Å². The lowest BCUT2D eigenvalue weighted by Gasteiger charge is -2.32. The summed E-state index contributed by atoms with van der Waals surface area (Å²) in [7, 11) is 0. The van der Waals surface area contributed by atoms with Crippen molar-refractivity contribution in [2.75, 3.05) is 18.1 Å². The lowest BCUT2D eigenvalue weighted by Crippen LogP contribution is -2.41. The second-order valence-corrected chi connectivity index (χ2v) is 6.63. The molecule has 0 aromatic heterocycles. The lowest BCUT2D eigenvalue weighted by atomic mass is 10.2. The number of thioether (sulfide) groups is 1. The summed E-state index contributed by atoms with van der Waals surface area (Å²) in [5, 5.41) is 0.327. The number of benzene rings is 2. The molecule has 1 heterocycles. The Morgan fingerprint density at radius 1 is 1.32 bits per heavy atom. The Bertz CT molecular complexity index is 692. The van der Waals surface area contributed by atoms with Crippen LogP contribution in [0.15, 0.2) is 53.4 Å². The van der Waals surface area contributed by atoms with E-state index in [1.54, 1.807) is 28.8 Å². The van der Waals surface area contributed by atoms with Crippen molar-refractivity contribution in [3.8, 4) is 5.75 Å². The van der Waals surface area contributed by atoms with Gasteiger partial charge in [0.05, 0.1) is 5.69 Å². The van der Waals surface area contributed by atoms with Gasteiger partial charge in [0.1, 0.15) is 11.6 Å². The fourth-order valence-corrected chi connectivity index (χ4v) is 3.52. The minimum atomic E-state index is -0.377. The molecule has 2 aromatic rings. The Kier molecular flexibility index (Phi) is 4.34. The van der Waals surface area contributed by atoms with Gasteiger partial charge in [-0.15, -0.1) is 11.8 Å².